The predicted octanol–water partition coefficient (Wildman–Crippen LogP) is -0.286. The highest BCUT2D eigenvalue weighted by Crippen LogP contribution is 2.06. The van der Waals surface area contributed by atoms with Crippen molar-refractivity contribution in [2.75, 3.05) is 0 Å². The molecule has 0 atom stereocenters. The average Bonchev–Trinajstić information content (AvgIpc) is 2.37. The van der Waals surface area contributed by atoms with Crippen LogP contribution in [0, 0.1) is 0 Å². The van der Waals surface area contributed by atoms with Crippen LogP contribution in [0.3, 0.4) is 0 Å². The van der Waals surface area contributed by atoms with E-state index in [2.05, 4.69) is 4.42 Å². The van der Waals surface area contributed by atoms with Gasteiger partial charge in [0.1, 0.15) is 0 Å². The third-order valence-corrected chi connectivity index (χ3v) is 2.13. The number of hydrogen-bond donors (Lipinski definition) is 1. The maximum absolute atomic E-state index is 10.9. The summed E-state index contributed by atoms with van der Waals surface area (Å²) in [6.07, 6.45) is 1.29. The zero-order valence-corrected chi connectivity index (χ0v) is 6.17. The van der Waals surface area contributed by atoms with Gasteiger partial charge in [-0.25, -0.2) is 4.72 Å². The van der Waals surface area contributed by atoms with Gasteiger partial charge in [-0.3, -0.25) is 4.79 Å². The van der Waals surface area contributed by atoms with Gasteiger partial charge in [0.05, 0.1) is 6.26 Å². The molecule has 5 nitrogen and oxygen atoms in total. The van der Waals surface area contributed by atoms with E-state index in [-0.39, 0.29) is 11.5 Å². The highest BCUT2D eigenvalue weighted by molar-refractivity contribution is 7.89. The number of carbonyl (C=O) groups is 1. The predicted molar refractivity (Wildman–Crippen MR) is 35.1 cm³/mol. The first-order valence-electron chi connectivity index (χ1n) is 2.66. The van der Waals surface area contributed by atoms with Crippen molar-refractivity contribution in [3.8, 4) is 0 Å². The van der Waals surface area contributed by atoms with Crippen molar-refractivity contribution in [1.29, 1.82) is 0 Å². The molecular formula is C5H5NO4S. The first-order valence-corrected chi connectivity index (χ1v) is 4.14. The molecule has 0 radical (unpaired) electrons. The Balaban J connectivity index is 3.01. The summed E-state index contributed by atoms with van der Waals surface area (Å²) in [6.45, 7) is 0. The molecule has 0 spiro atoms. The third-order valence-electron chi connectivity index (χ3n) is 0.963. The Labute approximate surface area is 63.1 Å². The monoisotopic (exact) mass is 175 g/mol. The first kappa shape index (κ1) is 7.80. The lowest BCUT2D eigenvalue weighted by molar-refractivity contribution is -0.108. The number of sulfonamides is 1. The molecule has 11 heavy (non-hydrogen) atoms. The molecule has 0 fully saturated rings. The zero-order valence-electron chi connectivity index (χ0n) is 5.35. The van der Waals surface area contributed by atoms with Gasteiger partial charge in [0.2, 0.25) is 11.5 Å². The molecule has 0 unspecified atom stereocenters. The normalized spacial score (nSPS) is 10.9. The summed E-state index contributed by atoms with van der Waals surface area (Å²) in [7, 11) is -3.75. The maximum atomic E-state index is 10.9. The van der Waals surface area contributed by atoms with E-state index in [0.29, 0.717) is 0 Å². The summed E-state index contributed by atoms with van der Waals surface area (Å²) in [5.41, 5.74) is 0. The first-order chi connectivity index (χ1) is 5.17. The van der Waals surface area contributed by atoms with E-state index in [1.807, 2.05) is 0 Å². The Morgan fingerprint density at radius 1 is 1.55 bits per heavy atom. The summed E-state index contributed by atoms with van der Waals surface area (Å²) in [5.74, 6) is 0. The van der Waals surface area contributed by atoms with Crippen molar-refractivity contribution in [3.05, 3.63) is 18.4 Å². The highest BCUT2D eigenvalue weighted by Gasteiger charge is 2.14. The van der Waals surface area contributed by atoms with Crippen molar-refractivity contribution in [2.24, 2.45) is 0 Å². The summed E-state index contributed by atoms with van der Waals surface area (Å²) < 4.78 is 27.9. The Hall–Kier alpha value is -1.30. The van der Waals surface area contributed by atoms with Crippen LogP contribution in [0.15, 0.2) is 27.9 Å². The van der Waals surface area contributed by atoms with E-state index in [9.17, 15) is 13.2 Å². The molecular weight excluding hydrogens is 170 g/mol. The molecule has 1 aromatic heterocycles. The number of hydrogen-bond acceptors (Lipinski definition) is 4. The Kier molecular flexibility index (Phi) is 1.95. The van der Waals surface area contributed by atoms with Crippen molar-refractivity contribution in [2.45, 2.75) is 5.09 Å². The van der Waals surface area contributed by atoms with Crippen LogP contribution in [0.4, 0.5) is 0 Å². The number of rotatable bonds is 3. The lowest BCUT2D eigenvalue weighted by Gasteiger charge is -1.94. The SMILES string of the molecule is O=CNS(=O)(=O)c1ccco1. The zero-order chi connectivity index (χ0) is 8.32. The van der Waals surface area contributed by atoms with Gasteiger partial charge < -0.3 is 4.42 Å². The Bertz CT molecular complexity index is 325. The second-order valence-corrected chi connectivity index (χ2v) is 3.32. The number of amides is 1. The molecule has 0 aliphatic rings. The van der Waals surface area contributed by atoms with Crippen molar-refractivity contribution in [3.63, 3.8) is 0 Å². The average molecular weight is 175 g/mol. The van der Waals surface area contributed by atoms with Crippen LogP contribution in [0.2, 0.25) is 0 Å². The summed E-state index contributed by atoms with van der Waals surface area (Å²) >= 11 is 0. The second-order valence-electron chi connectivity index (χ2n) is 1.67. The molecule has 60 valence electrons. The van der Waals surface area contributed by atoms with E-state index in [4.69, 9.17) is 0 Å². The van der Waals surface area contributed by atoms with Crippen LogP contribution in [0.25, 0.3) is 0 Å². The van der Waals surface area contributed by atoms with Crippen molar-refractivity contribution in [1.82, 2.24) is 4.72 Å². The van der Waals surface area contributed by atoms with Gasteiger partial charge in [-0.15, -0.1) is 0 Å². The van der Waals surface area contributed by atoms with Crippen LogP contribution in [0.1, 0.15) is 0 Å². The van der Waals surface area contributed by atoms with Crippen LogP contribution in [-0.4, -0.2) is 14.8 Å². The van der Waals surface area contributed by atoms with Gasteiger partial charge in [0, 0.05) is 0 Å². The molecule has 0 saturated heterocycles. The summed E-state index contributed by atoms with van der Waals surface area (Å²) in [5, 5.41) is -0.274. The standard InChI is InChI=1S/C5H5NO4S/c7-4-6-11(8,9)5-2-1-3-10-5/h1-4H,(H,6,7). The molecule has 1 aromatic rings. The fourth-order valence-electron chi connectivity index (χ4n) is 0.538. The van der Waals surface area contributed by atoms with E-state index < -0.39 is 10.0 Å². The van der Waals surface area contributed by atoms with Crippen molar-refractivity contribution < 1.29 is 17.6 Å². The van der Waals surface area contributed by atoms with Gasteiger partial charge in [-0.05, 0) is 12.1 Å². The van der Waals surface area contributed by atoms with Gasteiger partial charge >= 0.3 is 0 Å². The van der Waals surface area contributed by atoms with Crippen LogP contribution in [0.5, 0.6) is 0 Å². The quantitative estimate of drug-likeness (QED) is 0.640. The van der Waals surface area contributed by atoms with E-state index in [1.54, 1.807) is 4.72 Å². The Morgan fingerprint density at radius 3 is 2.73 bits per heavy atom. The fraction of sp³-hybridized carbons (Fsp3) is 0. The minimum Gasteiger partial charge on any atom is -0.451 e. The highest BCUT2D eigenvalue weighted by atomic mass is 32.2. The molecule has 1 N–H and O–H groups in total. The lowest BCUT2D eigenvalue weighted by Crippen LogP contribution is -2.21. The molecule has 0 aliphatic carbocycles. The second kappa shape index (κ2) is 2.75. The maximum Gasteiger partial charge on any atom is 0.297 e. The van der Waals surface area contributed by atoms with Crippen molar-refractivity contribution >= 4 is 16.4 Å². The molecule has 0 saturated carbocycles. The molecule has 1 heterocycles. The molecule has 0 bridgehead atoms. The van der Waals surface area contributed by atoms with Gasteiger partial charge in [-0.1, -0.05) is 0 Å². The number of nitrogens with one attached hydrogen (secondary N) is 1. The minimum atomic E-state index is -3.75. The molecule has 1 amide bonds. The summed E-state index contributed by atoms with van der Waals surface area (Å²) in [6, 6.07) is 2.66. The van der Waals surface area contributed by atoms with E-state index in [1.165, 1.54) is 18.4 Å². The number of carbonyl (C=O) groups excluding carboxylic acids is 1. The fourth-order valence-corrected chi connectivity index (χ4v) is 1.22. The van der Waals surface area contributed by atoms with E-state index >= 15 is 0 Å². The molecule has 6 heteroatoms. The Morgan fingerprint density at radius 2 is 2.27 bits per heavy atom. The molecule has 0 aromatic carbocycles. The van der Waals surface area contributed by atoms with Gasteiger partial charge in [-0.2, -0.15) is 8.42 Å². The van der Waals surface area contributed by atoms with Gasteiger partial charge in [0.25, 0.3) is 10.0 Å². The third kappa shape index (κ3) is 1.58. The topological polar surface area (TPSA) is 76.4 Å². The van der Waals surface area contributed by atoms with Crippen LogP contribution < -0.4 is 4.72 Å². The minimum absolute atomic E-state index is 0.0812. The summed E-state index contributed by atoms with van der Waals surface area (Å²) in [4.78, 5) is 9.78. The molecule has 0 aliphatic heterocycles. The lowest BCUT2D eigenvalue weighted by atomic mass is 10.7. The number of furan rings is 1. The van der Waals surface area contributed by atoms with Gasteiger partial charge in [0.15, 0.2) is 0 Å². The van der Waals surface area contributed by atoms with E-state index in [0.717, 1.165) is 0 Å². The smallest absolute Gasteiger partial charge is 0.297 e. The molecule has 1 rings (SSSR count). The van der Waals surface area contributed by atoms with Crippen LogP contribution >= 0.6 is 0 Å². The van der Waals surface area contributed by atoms with Crippen LogP contribution in [-0.2, 0) is 14.8 Å². The largest absolute Gasteiger partial charge is 0.451 e.